The third-order valence-electron chi connectivity index (χ3n) is 1.71. The molecule has 1 N–H and O–H groups in total. The maximum atomic E-state index is 8.55. The van der Waals surface area contributed by atoms with Gasteiger partial charge < -0.3 is 5.11 Å². The van der Waals surface area contributed by atoms with Crippen LogP contribution >= 0.6 is 0 Å². The molecule has 1 heteroatoms. The third-order valence-corrected chi connectivity index (χ3v) is 1.71. The van der Waals surface area contributed by atoms with Gasteiger partial charge in [-0.15, -0.1) is 0 Å². The zero-order valence-corrected chi connectivity index (χ0v) is 16.0. The normalized spacial score (nSPS) is 9.00. The van der Waals surface area contributed by atoms with Gasteiger partial charge >= 0.3 is 0 Å². The molecule has 0 bridgehead atoms. The molecule has 1 unspecified atom stereocenters. The van der Waals surface area contributed by atoms with E-state index in [1.54, 1.807) is 0 Å². The van der Waals surface area contributed by atoms with E-state index in [4.69, 9.17) is 5.11 Å². The first-order valence-corrected chi connectivity index (χ1v) is 8.69. The molecule has 0 fully saturated rings. The molecule has 0 spiro atoms. The van der Waals surface area contributed by atoms with Gasteiger partial charge in [0, 0.05) is 0 Å². The largest absolute Gasteiger partial charge is 0.393 e. The van der Waals surface area contributed by atoms with Crippen molar-refractivity contribution in [2.75, 3.05) is 0 Å². The maximum Gasteiger partial charge on any atom is 0.0512 e. The van der Waals surface area contributed by atoms with E-state index >= 15 is 0 Å². The van der Waals surface area contributed by atoms with E-state index < -0.39 is 0 Å². The third kappa shape index (κ3) is 186. The summed E-state index contributed by atoms with van der Waals surface area (Å²) in [7, 11) is 0. The molecule has 0 rings (SSSR count). The van der Waals surface area contributed by atoms with Gasteiger partial charge in [0.1, 0.15) is 0 Å². The van der Waals surface area contributed by atoms with Gasteiger partial charge in [-0.2, -0.15) is 0 Å². The summed E-state index contributed by atoms with van der Waals surface area (Å²) in [4.78, 5) is 0. The number of unbranched alkanes of at least 4 members (excludes halogenated alkanes) is 2. The van der Waals surface area contributed by atoms with E-state index in [9.17, 15) is 0 Å². The highest BCUT2D eigenvalue weighted by Crippen LogP contribution is 1.91. The fourth-order valence-corrected chi connectivity index (χ4v) is 0.418. The van der Waals surface area contributed by atoms with Crippen LogP contribution in [0.4, 0.5) is 0 Å². The highest BCUT2D eigenvalue weighted by atomic mass is 16.3. The smallest absolute Gasteiger partial charge is 0.0512 e. The molecule has 0 aliphatic rings. The average molecular weight is 279 g/mol. The van der Waals surface area contributed by atoms with Crippen LogP contribution in [0.2, 0.25) is 0 Å². The van der Waals surface area contributed by atoms with Crippen LogP contribution in [0.5, 0.6) is 0 Å². The molecular weight excluding hydrogens is 232 g/mol. The van der Waals surface area contributed by atoms with Crippen molar-refractivity contribution in [3.05, 3.63) is 0 Å². The number of hydrogen-bond acceptors (Lipinski definition) is 1. The number of hydrogen-bond donors (Lipinski definition) is 1. The maximum absolute atomic E-state index is 8.55. The molecule has 0 aromatic carbocycles. The second kappa shape index (κ2) is 52.1. The second-order valence-corrected chi connectivity index (χ2v) is 4.34. The fourth-order valence-electron chi connectivity index (χ4n) is 0.418. The van der Waals surface area contributed by atoms with Gasteiger partial charge in [-0.05, 0) is 13.3 Å². The molecule has 0 heterocycles. The Morgan fingerprint density at radius 3 is 0.842 bits per heavy atom. The van der Waals surface area contributed by atoms with Crippen molar-refractivity contribution in [3.8, 4) is 0 Å². The van der Waals surface area contributed by atoms with Gasteiger partial charge in [-0.25, -0.2) is 0 Å². The summed E-state index contributed by atoms with van der Waals surface area (Å²) >= 11 is 0. The zero-order valence-electron chi connectivity index (χ0n) is 16.0. The first-order valence-electron chi connectivity index (χ1n) is 8.69. The highest BCUT2D eigenvalue weighted by Gasteiger charge is 1.87. The summed E-state index contributed by atoms with van der Waals surface area (Å²) in [5, 5.41) is 8.55. The van der Waals surface area contributed by atoms with Gasteiger partial charge in [-0.1, -0.05) is 101 Å². The van der Waals surface area contributed by atoms with Crippen LogP contribution in [0.3, 0.4) is 0 Å². The minimum atomic E-state index is -0.102. The van der Waals surface area contributed by atoms with Gasteiger partial charge in [0.2, 0.25) is 0 Å². The Morgan fingerprint density at radius 1 is 0.632 bits per heavy atom. The molecular formula is C18H46O. The van der Waals surface area contributed by atoms with E-state index in [0.717, 1.165) is 12.8 Å². The molecule has 0 aromatic rings. The lowest BCUT2D eigenvalue weighted by Gasteiger charge is -1.95. The molecule has 1 nitrogen and oxygen atoms in total. The van der Waals surface area contributed by atoms with E-state index in [2.05, 4.69) is 48.5 Å². The predicted molar refractivity (Wildman–Crippen MR) is 95.1 cm³/mol. The first kappa shape index (κ1) is 31.4. The van der Waals surface area contributed by atoms with Crippen LogP contribution < -0.4 is 0 Å². The Hall–Kier alpha value is -0.0400. The Balaban J connectivity index is -0.0000000452. The highest BCUT2D eigenvalue weighted by molar-refractivity contribution is 4.40. The van der Waals surface area contributed by atoms with E-state index in [-0.39, 0.29) is 6.10 Å². The van der Waals surface area contributed by atoms with Crippen LogP contribution in [-0.4, -0.2) is 11.2 Å². The standard InChI is InChI=1S/C5H12O.2C4H10.C3H8.C2H6/c1-3-4-5(2)6;2*1-3-4-2;1-3-2;1-2/h5-6H,3-4H2,1-2H3;2*3-4H2,1-2H3;3H2,1-2H3;1-2H3. The van der Waals surface area contributed by atoms with Gasteiger partial charge in [-0.3, -0.25) is 0 Å². The molecule has 0 aliphatic carbocycles. The number of aliphatic hydroxyl groups is 1. The number of rotatable bonds is 4. The topological polar surface area (TPSA) is 20.2 Å². The van der Waals surface area contributed by atoms with Crippen molar-refractivity contribution in [2.45, 2.75) is 120 Å². The fraction of sp³-hybridized carbons (Fsp3) is 1.00. The van der Waals surface area contributed by atoms with Crippen LogP contribution in [0.15, 0.2) is 0 Å². The van der Waals surface area contributed by atoms with Crippen molar-refractivity contribution in [1.29, 1.82) is 0 Å². The average Bonchev–Trinajstić information content (AvgIpc) is 2.42. The van der Waals surface area contributed by atoms with Gasteiger partial charge in [0.05, 0.1) is 6.10 Å². The summed E-state index contributed by atoms with van der Waals surface area (Å²) < 4.78 is 0. The molecule has 1 atom stereocenters. The monoisotopic (exact) mass is 278 g/mol. The van der Waals surface area contributed by atoms with Crippen molar-refractivity contribution in [2.24, 2.45) is 0 Å². The summed E-state index contributed by atoms with van der Waals surface area (Å²) in [6, 6.07) is 0. The van der Waals surface area contributed by atoms with E-state index in [0.29, 0.717) is 0 Å². The Labute approximate surface area is 126 Å². The lowest BCUT2D eigenvalue weighted by atomic mass is 10.2. The summed E-state index contributed by atoms with van der Waals surface area (Å²) in [5.41, 5.74) is 0. The quantitative estimate of drug-likeness (QED) is 0.575. The van der Waals surface area contributed by atoms with Gasteiger partial charge in [0.15, 0.2) is 0 Å². The molecule has 0 aliphatic heterocycles. The lowest BCUT2D eigenvalue weighted by Crippen LogP contribution is -1.95. The Morgan fingerprint density at radius 2 is 0.842 bits per heavy atom. The second-order valence-electron chi connectivity index (χ2n) is 4.34. The predicted octanol–water partition coefficient (Wildman–Crippen LogP) is 7.22. The van der Waals surface area contributed by atoms with E-state index in [1.807, 2.05) is 20.8 Å². The van der Waals surface area contributed by atoms with Crippen molar-refractivity contribution < 1.29 is 5.11 Å². The number of aliphatic hydroxyl groups excluding tert-OH is 1. The van der Waals surface area contributed by atoms with Crippen molar-refractivity contribution in [3.63, 3.8) is 0 Å². The summed E-state index contributed by atoms with van der Waals surface area (Å²) in [6.45, 7) is 20.8. The van der Waals surface area contributed by atoms with Crippen LogP contribution in [0.1, 0.15) is 114 Å². The Bertz CT molecular complexity index is 62.1. The molecule has 0 saturated heterocycles. The molecule has 124 valence electrons. The molecule has 0 saturated carbocycles. The minimum absolute atomic E-state index is 0.102. The minimum Gasteiger partial charge on any atom is -0.393 e. The summed E-state index contributed by atoms with van der Waals surface area (Å²) in [6.07, 6.45) is 8.44. The van der Waals surface area contributed by atoms with Crippen LogP contribution in [0, 0.1) is 0 Å². The molecule has 0 amide bonds. The molecule has 19 heavy (non-hydrogen) atoms. The molecule has 0 aromatic heterocycles. The van der Waals surface area contributed by atoms with E-state index in [1.165, 1.54) is 32.1 Å². The lowest BCUT2D eigenvalue weighted by molar-refractivity contribution is 0.183. The van der Waals surface area contributed by atoms with Gasteiger partial charge in [0.25, 0.3) is 0 Å². The molecule has 0 radical (unpaired) electrons. The summed E-state index contributed by atoms with van der Waals surface area (Å²) in [5.74, 6) is 0. The van der Waals surface area contributed by atoms with Crippen LogP contribution in [-0.2, 0) is 0 Å². The van der Waals surface area contributed by atoms with Crippen molar-refractivity contribution >= 4 is 0 Å². The van der Waals surface area contributed by atoms with Crippen molar-refractivity contribution in [1.82, 2.24) is 0 Å². The Kier molecular flexibility index (Phi) is 86.0. The zero-order chi connectivity index (χ0) is 16.5. The SMILES string of the molecule is CC.CCC.CCCC.CCCC.CCCC(C)O. The van der Waals surface area contributed by atoms with Crippen LogP contribution in [0.25, 0.3) is 0 Å². The first-order chi connectivity index (χ1) is 9.01.